The predicted octanol–water partition coefficient (Wildman–Crippen LogP) is 3.68. The molecule has 4 rings (SSSR count). The number of benzene rings is 2. The Balaban J connectivity index is 1.54. The van der Waals surface area contributed by atoms with Crippen LogP contribution in [0.25, 0.3) is 10.8 Å². The molecule has 4 amide bonds. The third-order valence-electron chi connectivity index (χ3n) is 7.76. The van der Waals surface area contributed by atoms with Gasteiger partial charge in [0.1, 0.15) is 18.4 Å². The zero-order chi connectivity index (χ0) is 30.9. The minimum atomic E-state index is -0.963. The second kappa shape index (κ2) is 14.9. The van der Waals surface area contributed by atoms with Crippen LogP contribution in [0.15, 0.2) is 53.9 Å². The van der Waals surface area contributed by atoms with E-state index in [-0.39, 0.29) is 36.5 Å². The summed E-state index contributed by atoms with van der Waals surface area (Å²) in [6.07, 6.45) is 2.84. The van der Waals surface area contributed by atoms with Crippen LogP contribution in [0.1, 0.15) is 60.3 Å². The number of piperidine rings is 1. The highest BCUT2D eigenvalue weighted by Gasteiger charge is 2.31. The first-order valence-electron chi connectivity index (χ1n) is 14.8. The summed E-state index contributed by atoms with van der Waals surface area (Å²) in [7, 11) is 0. The lowest BCUT2D eigenvalue weighted by molar-refractivity contribution is -0.132. The van der Waals surface area contributed by atoms with Gasteiger partial charge in [0, 0.05) is 18.9 Å². The van der Waals surface area contributed by atoms with Crippen molar-refractivity contribution in [3.8, 4) is 0 Å². The molecular formula is C33H40N4O5S. The van der Waals surface area contributed by atoms with Crippen molar-refractivity contribution in [2.45, 2.75) is 71.0 Å². The number of amides is 4. The summed E-state index contributed by atoms with van der Waals surface area (Å²) in [6.45, 7) is 6.32. The normalized spacial score (nSPS) is 17.0. The number of rotatable bonds is 13. The van der Waals surface area contributed by atoms with Gasteiger partial charge in [-0.1, -0.05) is 56.3 Å². The molecule has 1 aliphatic heterocycles. The number of thiophene rings is 1. The van der Waals surface area contributed by atoms with Gasteiger partial charge in [-0.25, -0.2) is 0 Å². The van der Waals surface area contributed by atoms with E-state index in [0.29, 0.717) is 30.5 Å². The second-order valence-corrected chi connectivity index (χ2v) is 12.5. The van der Waals surface area contributed by atoms with E-state index >= 15 is 0 Å². The van der Waals surface area contributed by atoms with Crippen molar-refractivity contribution < 1.29 is 24.0 Å². The van der Waals surface area contributed by atoms with Crippen LogP contribution in [0, 0.1) is 18.8 Å². The topological polar surface area (TPSA) is 133 Å². The van der Waals surface area contributed by atoms with Crippen LogP contribution in [0.3, 0.4) is 0 Å². The molecule has 3 aromatic rings. The largest absolute Gasteiger partial charge is 0.356 e. The molecule has 4 unspecified atom stereocenters. The fourth-order valence-corrected chi connectivity index (χ4v) is 6.33. The van der Waals surface area contributed by atoms with Crippen molar-refractivity contribution in [1.82, 2.24) is 21.3 Å². The third kappa shape index (κ3) is 8.50. The molecule has 2 heterocycles. The summed E-state index contributed by atoms with van der Waals surface area (Å²) in [5, 5.41) is 15.1. The van der Waals surface area contributed by atoms with Crippen molar-refractivity contribution in [2.24, 2.45) is 11.8 Å². The monoisotopic (exact) mass is 604 g/mol. The minimum Gasteiger partial charge on any atom is -0.356 e. The summed E-state index contributed by atoms with van der Waals surface area (Å²) < 4.78 is 0. The standard InChI is InChI=1S/C33H40N4O5S/c1-20(2)16-27(31(40)35-25(19-38)17-24-11-7-14-34-30(24)39)36-32(41)28(37-33(42)29-21(3)13-15-43-29)18-23-10-6-9-22-8-4-5-12-26(22)23/h4-6,8-10,12-13,15,19-20,24-25,27-28H,7,11,14,16-18H2,1-3H3,(H,34,39)(H,35,40)(H,36,41)(H,37,42). The molecule has 0 saturated carbocycles. The van der Waals surface area contributed by atoms with Gasteiger partial charge in [-0.05, 0) is 71.9 Å². The lowest BCUT2D eigenvalue weighted by Gasteiger charge is -2.27. The maximum absolute atomic E-state index is 13.9. The van der Waals surface area contributed by atoms with Crippen molar-refractivity contribution in [2.75, 3.05) is 6.54 Å². The first-order chi connectivity index (χ1) is 20.7. The average Bonchev–Trinajstić information content (AvgIpc) is 3.42. The molecule has 2 aromatic carbocycles. The van der Waals surface area contributed by atoms with E-state index in [4.69, 9.17) is 0 Å². The molecule has 228 valence electrons. The summed E-state index contributed by atoms with van der Waals surface area (Å²) >= 11 is 1.30. The first-order valence-corrected chi connectivity index (χ1v) is 15.7. The van der Waals surface area contributed by atoms with Crippen LogP contribution < -0.4 is 21.3 Å². The lowest BCUT2D eigenvalue weighted by Crippen LogP contribution is -2.56. The fraction of sp³-hybridized carbons (Fsp3) is 0.424. The average molecular weight is 605 g/mol. The second-order valence-electron chi connectivity index (χ2n) is 11.6. The summed E-state index contributed by atoms with van der Waals surface area (Å²) in [5.74, 6) is -1.78. The minimum absolute atomic E-state index is 0.0507. The fourth-order valence-electron chi connectivity index (χ4n) is 5.50. The van der Waals surface area contributed by atoms with Gasteiger partial charge in [-0.3, -0.25) is 19.2 Å². The van der Waals surface area contributed by atoms with Gasteiger partial charge in [0.15, 0.2) is 0 Å². The highest BCUT2D eigenvalue weighted by Crippen LogP contribution is 2.22. The molecule has 4 atom stereocenters. The van der Waals surface area contributed by atoms with Crippen molar-refractivity contribution in [1.29, 1.82) is 0 Å². The molecule has 0 bridgehead atoms. The van der Waals surface area contributed by atoms with Crippen LogP contribution in [-0.2, 0) is 25.6 Å². The van der Waals surface area contributed by atoms with Gasteiger partial charge in [0.25, 0.3) is 5.91 Å². The molecule has 1 saturated heterocycles. The number of nitrogens with one attached hydrogen (secondary N) is 4. The van der Waals surface area contributed by atoms with E-state index in [1.54, 1.807) is 0 Å². The van der Waals surface area contributed by atoms with E-state index in [9.17, 15) is 24.0 Å². The van der Waals surface area contributed by atoms with Crippen molar-refractivity contribution >= 4 is 52.0 Å². The Morgan fingerprint density at radius 3 is 2.44 bits per heavy atom. The summed E-state index contributed by atoms with van der Waals surface area (Å²) in [4.78, 5) is 65.2. The maximum atomic E-state index is 13.9. The lowest BCUT2D eigenvalue weighted by atomic mass is 9.91. The van der Waals surface area contributed by atoms with E-state index < -0.39 is 29.9 Å². The molecule has 4 N–H and O–H groups in total. The molecule has 43 heavy (non-hydrogen) atoms. The Bertz CT molecular complexity index is 1460. The van der Waals surface area contributed by atoms with E-state index in [2.05, 4.69) is 21.3 Å². The Labute approximate surface area is 256 Å². The van der Waals surface area contributed by atoms with Crippen LogP contribution in [-0.4, -0.2) is 54.6 Å². The Hall–Kier alpha value is -4.05. The summed E-state index contributed by atoms with van der Waals surface area (Å²) in [5.41, 5.74) is 1.70. The van der Waals surface area contributed by atoms with Gasteiger partial charge >= 0.3 is 0 Å². The van der Waals surface area contributed by atoms with E-state index in [1.807, 2.05) is 74.7 Å². The number of aldehydes is 1. The maximum Gasteiger partial charge on any atom is 0.262 e. The zero-order valence-electron chi connectivity index (χ0n) is 24.9. The van der Waals surface area contributed by atoms with Crippen molar-refractivity contribution in [3.05, 3.63) is 69.9 Å². The number of aryl methyl sites for hydroxylation is 1. The number of fused-ring (bicyclic) bond motifs is 1. The molecule has 0 radical (unpaired) electrons. The van der Waals surface area contributed by atoms with Crippen molar-refractivity contribution in [3.63, 3.8) is 0 Å². The Kier molecular flexibility index (Phi) is 11.1. The van der Waals surface area contributed by atoms with Crippen LogP contribution in [0.4, 0.5) is 0 Å². The third-order valence-corrected chi connectivity index (χ3v) is 8.78. The van der Waals surface area contributed by atoms with Gasteiger partial charge in [-0.15, -0.1) is 11.3 Å². The predicted molar refractivity (Wildman–Crippen MR) is 168 cm³/mol. The SMILES string of the molecule is Cc1ccsc1C(=O)NC(Cc1cccc2ccccc12)C(=O)NC(CC(C)C)C(=O)NC(C=O)CC1CCCNC1=O. The van der Waals surface area contributed by atoms with E-state index in [1.165, 1.54) is 11.3 Å². The van der Waals surface area contributed by atoms with Gasteiger partial charge < -0.3 is 26.1 Å². The molecule has 0 spiro atoms. The number of hydrogen-bond donors (Lipinski definition) is 4. The van der Waals surface area contributed by atoms with Crippen LogP contribution in [0.5, 0.6) is 0 Å². The Morgan fingerprint density at radius 2 is 1.74 bits per heavy atom. The highest BCUT2D eigenvalue weighted by molar-refractivity contribution is 7.12. The quantitative estimate of drug-likeness (QED) is 0.221. The molecule has 10 heteroatoms. The molecule has 1 aromatic heterocycles. The number of carbonyl (C=O) groups is 5. The zero-order valence-corrected chi connectivity index (χ0v) is 25.7. The smallest absolute Gasteiger partial charge is 0.262 e. The van der Waals surface area contributed by atoms with Crippen LogP contribution in [0.2, 0.25) is 0 Å². The van der Waals surface area contributed by atoms with Gasteiger partial charge in [0.2, 0.25) is 17.7 Å². The molecule has 9 nitrogen and oxygen atoms in total. The number of hydrogen-bond acceptors (Lipinski definition) is 6. The molecular weight excluding hydrogens is 564 g/mol. The molecule has 1 aliphatic rings. The summed E-state index contributed by atoms with van der Waals surface area (Å²) in [6, 6.07) is 12.8. The van der Waals surface area contributed by atoms with Crippen LogP contribution >= 0.6 is 11.3 Å². The van der Waals surface area contributed by atoms with Gasteiger partial charge in [-0.2, -0.15) is 0 Å². The number of carbonyl (C=O) groups excluding carboxylic acids is 5. The van der Waals surface area contributed by atoms with Gasteiger partial charge in [0.05, 0.1) is 10.9 Å². The first kappa shape index (κ1) is 31.9. The Morgan fingerprint density at radius 1 is 1.00 bits per heavy atom. The molecule has 1 fully saturated rings. The highest BCUT2D eigenvalue weighted by atomic mass is 32.1. The molecule has 0 aliphatic carbocycles. The van der Waals surface area contributed by atoms with E-state index in [0.717, 1.165) is 28.3 Å².